The van der Waals surface area contributed by atoms with E-state index in [0.29, 0.717) is 5.25 Å². The Bertz CT molecular complexity index is 109. The zero-order valence-corrected chi connectivity index (χ0v) is 10.1. The Balaban J connectivity index is 3.15. The van der Waals surface area contributed by atoms with Crippen LogP contribution in [-0.4, -0.2) is 37.8 Å². The largest absolute Gasteiger partial charge is 0.384 e. The summed E-state index contributed by atoms with van der Waals surface area (Å²) < 4.78 is 4.99. The molecule has 2 nitrogen and oxygen atoms in total. The monoisotopic (exact) mass is 205 g/mol. The van der Waals surface area contributed by atoms with Crippen LogP contribution in [0.15, 0.2) is 0 Å². The van der Waals surface area contributed by atoms with Crippen LogP contribution in [0, 0.1) is 5.92 Å². The highest BCUT2D eigenvalue weighted by Gasteiger charge is 2.01. The summed E-state index contributed by atoms with van der Waals surface area (Å²) in [5.74, 6) is 1.84. The molecule has 0 radical (unpaired) electrons. The lowest BCUT2D eigenvalue weighted by Crippen LogP contribution is -2.26. The maximum absolute atomic E-state index is 4.99. The Hall–Kier alpha value is 0.270. The zero-order chi connectivity index (χ0) is 10.1. The first kappa shape index (κ1) is 13.3. The highest BCUT2D eigenvalue weighted by Crippen LogP contribution is 2.08. The minimum absolute atomic E-state index is 0.689. The van der Waals surface area contributed by atoms with E-state index in [1.165, 1.54) is 0 Å². The molecule has 0 saturated carbocycles. The van der Waals surface area contributed by atoms with E-state index in [-0.39, 0.29) is 0 Å². The molecule has 0 heterocycles. The van der Waals surface area contributed by atoms with E-state index in [1.54, 1.807) is 7.11 Å². The van der Waals surface area contributed by atoms with Gasteiger partial charge in [0.15, 0.2) is 0 Å². The molecule has 1 atom stereocenters. The molecular weight excluding hydrogens is 182 g/mol. The number of hydrogen-bond acceptors (Lipinski definition) is 3. The zero-order valence-electron chi connectivity index (χ0n) is 9.30. The lowest BCUT2D eigenvalue weighted by molar-refractivity contribution is 0.218. The number of ether oxygens (including phenoxy) is 1. The van der Waals surface area contributed by atoms with Crippen molar-refractivity contribution in [2.75, 3.05) is 32.6 Å². The van der Waals surface area contributed by atoms with E-state index >= 15 is 0 Å². The Labute approximate surface area is 86.8 Å². The van der Waals surface area contributed by atoms with E-state index < -0.39 is 0 Å². The van der Waals surface area contributed by atoms with Gasteiger partial charge in [-0.15, -0.1) is 0 Å². The van der Waals surface area contributed by atoms with Crippen molar-refractivity contribution in [1.29, 1.82) is 0 Å². The van der Waals surface area contributed by atoms with Gasteiger partial charge in [0.1, 0.15) is 0 Å². The van der Waals surface area contributed by atoms with E-state index in [2.05, 4.69) is 26.1 Å². The quantitative estimate of drug-likeness (QED) is 0.612. The van der Waals surface area contributed by atoms with Crippen LogP contribution in [0.3, 0.4) is 0 Å². The molecule has 0 amide bonds. The second-order valence-corrected chi connectivity index (χ2v) is 5.27. The maximum Gasteiger partial charge on any atom is 0.0553 e. The van der Waals surface area contributed by atoms with Crippen LogP contribution in [-0.2, 0) is 4.74 Å². The van der Waals surface area contributed by atoms with E-state index in [9.17, 15) is 0 Å². The third kappa shape index (κ3) is 10.2. The predicted molar refractivity (Wildman–Crippen MR) is 61.5 cm³/mol. The van der Waals surface area contributed by atoms with Crippen molar-refractivity contribution in [3.05, 3.63) is 0 Å². The predicted octanol–water partition coefficient (Wildman–Crippen LogP) is 2.00. The van der Waals surface area contributed by atoms with Crippen LogP contribution in [0.1, 0.15) is 20.8 Å². The first-order chi connectivity index (χ1) is 6.16. The number of rotatable bonds is 8. The van der Waals surface area contributed by atoms with Crippen molar-refractivity contribution in [3.63, 3.8) is 0 Å². The third-order valence-corrected chi connectivity index (χ3v) is 2.81. The van der Waals surface area contributed by atoms with Gasteiger partial charge >= 0.3 is 0 Å². The van der Waals surface area contributed by atoms with Crippen molar-refractivity contribution >= 4 is 11.8 Å². The molecule has 3 heteroatoms. The highest BCUT2D eigenvalue weighted by atomic mass is 32.2. The Morgan fingerprint density at radius 3 is 2.46 bits per heavy atom. The second-order valence-electron chi connectivity index (χ2n) is 3.73. The van der Waals surface area contributed by atoms with Crippen molar-refractivity contribution in [2.24, 2.45) is 5.92 Å². The molecular formula is C10H23NOS. The molecule has 0 aliphatic carbocycles. The van der Waals surface area contributed by atoms with Gasteiger partial charge in [0.2, 0.25) is 0 Å². The van der Waals surface area contributed by atoms with Gasteiger partial charge in [-0.25, -0.2) is 0 Å². The van der Waals surface area contributed by atoms with Crippen LogP contribution in [0.5, 0.6) is 0 Å². The summed E-state index contributed by atoms with van der Waals surface area (Å²) in [5, 5.41) is 4.14. The summed E-state index contributed by atoms with van der Waals surface area (Å²) in [4.78, 5) is 0. The smallest absolute Gasteiger partial charge is 0.0553 e. The summed E-state index contributed by atoms with van der Waals surface area (Å²) in [6, 6.07) is 0. The molecule has 13 heavy (non-hydrogen) atoms. The molecule has 0 aromatic heterocycles. The van der Waals surface area contributed by atoms with E-state index in [4.69, 9.17) is 4.74 Å². The Morgan fingerprint density at radius 1 is 1.23 bits per heavy atom. The highest BCUT2D eigenvalue weighted by molar-refractivity contribution is 7.99. The summed E-state index contributed by atoms with van der Waals surface area (Å²) in [7, 11) is 1.75. The first-order valence-electron chi connectivity index (χ1n) is 4.98. The molecule has 0 rings (SSSR count). The maximum atomic E-state index is 4.99. The molecule has 0 aliphatic heterocycles. The Morgan fingerprint density at radius 2 is 1.92 bits per heavy atom. The van der Waals surface area contributed by atoms with Gasteiger partial charge < -0.3 is 10.1 Å². The van der Waals surface area contributed by atoms with Crippen LogP contribution in [0.2, 0.25) is 0 Å². The van der Waals surface area contributed by atoms with Crippen molar-refractivity contribution < 1.29 is 4.74 Å². The molecule has 1 N–H and O–H groups in total. The van der Waals surface area contributed by atoms with Gasteiger partial charge in [0, 0.05) is 24.7 Å². The molecule has 0 aliphatic rings. The fraction of sp³-hybridized carbons (Fsp3) is 1.00. The third-order valence-electron chi connectivity index (χ3n) is 1.67. The van der Waals surface area contributed by atoms with Gasteiger partial charge in [-0.2, -0.15) is 11.8 Å². The van der Waals surface area contributed by atoms with Gasteiger partial charge in [-0.3, -0.25) is 0 Å². The molecule has 0 bridgehead atoms. The van der Waals surface area contributed by atoms with Gasteiger partial charge in [-0.05, 0) is 12.5 Å². The van der Waals surface area contributed by atoms with Crippen molar-refractivity contribution in [2.45, 2.75) is 26.0 Å². The number of hydrogen-bond donors (Lipinski definition) is 1. The minimum Gasteiger partial charge on any atom is -0.384 e. The van der Waals surface area contributed by atoms with Crippen LogP contribution in [0.4, 0.5) is 0 Å². The summed E-state index contributed by atoms with van der Waals surface area (Å²) in [6.45, 7) is 9.81. The SMILES string of the molecule is COCCSC(C)CNCC(C)C. The number of nitrogens with one attached hydrogen (secondary N) is 1. The van der Waals surface area contributed by atoms with Crippen LogP contribution < -0.4 is 5.32 Å². The van der Waals surface area contributed by atoms with Gasteiger partial charge in [-0.1, -0.05) is 20.8 Å². The minimum atomic E-state index is 0.689. The average Bonchev–Trinajstić information content (AvgIpc) is 2.04. The van der Waals surface area contributed by atoms with E-state index in [1.807, 2.05) is 11.8 Å². The van der Waals surface area contributed by atoms with Crippen LogP contribution in [0.25, 0.3) is 0 Å². The van der Waals surface area contributed by atoms with Crippen molar-refractivity contribution in [3.8, 4) is 0 Å². The fourth-order valence-electron chi connectivity index (χ4n) is 0.967. The first-order valence-corrected chi connectivity index (χ1v) is 6.03. The molecule has 80 valence electrons. The molecule has 0 saturated heterocycles. The number of thioether (sulfide) groups is 1. The lowest BCUT2D eigenvalue weighted by Gasteiger charge is -2.13. The molecule has 0 aromatic rings. The lowest BCUT2D eigenvalue weighted by atomic mass is 10.2. The normalized spacial score (nSPS) is 13.6. The molecule has 0 aromatic carbocycles. The molecule has 0 fully saturated rings. The standard InChI is InChI=1S/C10H23NOS/c1-9(2)7-11-8-10(3)13-6-5-12-4/h9-11H,5-8H2,1-4H3. The van der Waals surface area contributed by atoms with Crippen molar-refractivity contribution in [1.82, 2.24) is 5.32 Å². The summed E-state index contributed by atoms with van der Waals surface area (Å²) >= 11 is 1.97. The Kier molecular flexibility index (Phi) is 9.03. The van der Waals surface area contributed by atoms with Crippen LogP contribution >= 0.6 is 11.8 Å². The number of methoxy groups -OCH3 is 1. The average molecular weight is 205 g/mol. The fourth-order valence-corrected chi connectivity index (χ4v) is 1.87. The van der Waals surface area contributed by atoms with Gasteiger partial charge in [0.25, 0.3) is 0 Å². The second kappa shape index (κ2) is 8.85. The summed E-state index contributed by atoms with van der Waals surface area (Å²) in [6.07, 6.45) is 0. The summed E-state index contributed by atoms with van der Waals surface area (Å²) in [5.41, 5.74) is 0. The van der Waals surface area contributed by atoms with Gasteiger partial charge in [0.05, 0.1) is 6.61 Å². The topological polar surface area (TPSA) is 21.3 Å². The van der Waals surface area contributed by atoms with E-state index in [0.717, 1.165) is 31.4 Å². The molecule has 0 spiro atoms. The molecule has 1 unspecified atom stereocenters.